The molecule has 17 aromatic rings. The Labute approximate surface area is 582 Å². The molecule has 0 bridgehead atoms. The highest BCUT2D eigenvalue weighted by atomic mass is 19.4. The van der Waals surface area contributed by atoms with Gasteiger partial charge in [-0.2, -0.15) is 18.4 Å². The predicted octanol–water partition coefficient (Wildman–Crippen LogP) is 22.9. The maximum absolute atomic E-state index is 15.4. The molecule has 0 spiro atoms. The molecule has 4 heterocycles. The van der Waals surface area contributed by atoms with Gasteiger partial charge in [0.15, 0.2) is 0 Å². The van der Waals surface area contributed by atoms with Crippen LogP contribution < -0.4 is 26.2 Å². The monoisotopic (exact) mass is 1300 g/mol. The van der Waals surface area contributed by atoms with Crippen molar-refractivity contribution in [2.24, 2.45) is 0 Å². The molecule has 9 heteroatoms. The first kappa shape index (κ1) is 59.1. The summed E-state index contributed by atoms with van der Waals surface area (Å²) in [6.45, 7) is -0.228. The number of halogens is 3. The van der Waals surface area contributed by atoms with Crippen molar-refractivity contribution in [1.29, 1.82) is 5.26 Å². The largest absolute Gasteiger partial charge is 0.416 e. The predicted molar refractivity (Wildman–Crippen MR) is 411 cm³/mol. The van der Waals surface area contributed by atoms with Gasteiger partial charge < -0.3 is 18.9 Å². The second kappa shape index (κ2) is 23.6. The zero-order chi connectivity index (χ0) is 67.5. The van der Waals surface area contributed by atoms with Crippen molar-refractivity contribution in [3.05, 3.63) is 357 Å². The molecule has 15 aromatic carbocycles. The quantitative estimate of drug-likeness (QED) is 0.128. The summed E-state index contributed by atoms with van der Waals surface area (Å²) in [6, 6.07) is 122. The average Bonchev–Trinajstić information content (AvgIpc) is 1.43. The van der Waals surface area contributed by atoms with Crippen molar-refractivity contribution < 1.29 is 13.2 Å². The summed E-state index contributed by atoms with van der Waals surface area (Å²) >= 11 is 0. The maximum Gasteiger partial charge on any atom is 0.416 e. The van der Waals surface area contributed by atoms with Gasteiger partial charge in [0, 0.05) is 66.8 Å². The maximum atomic E-state index is 15.4. The number of hydrogen-bond acceptors (Lipinski definition) is 3. The number of nitriles is 1. The number of fused-ring (bicyclic) bond motifs is 10. The normalized spacial score (nSPS) is 12.4. The van der Waals surface area contributed by atoms with Gasteiger partial charge >= 0.3 is 6.18 Å². The van der Waals surface area contributed by atoms with E-state index in [4.69, 9.17) is 0 Å². The van der Waals surface area contributed by atoms with Crippen molar-refractivity contribution in [3.8, 4) is 84.2 Å². The highest BCUT2D eigenvalue weighted by Crippen LogP contribution is 2.50. The molecular formula is C92H57BF3N5. The van der Waals surface area contributed by atoms with Crippen LogP contribution in [0, 0.1) is 11.3 Å². The summed E-state index contributed by atoms with van der Waals surface area (Å²) in [5.41, 5.74) is 25.6. The molecule has 2 aromatic heterocycles. The summed E-state index contributed by atoms with van der Waals surface area (Å²) in [6.07, 6.45) is -4.68. The Hall–Kier alpha value is -13.2. The lowest BCUT2D eigenvalue weighted by molar-refractivity contribution is -0.137. The number of aromatic nitrogens is 2. The van der Waals surface area contributed by atoms with Crippen molar-refractivity contribution in [1.82, 2.24) is 9.13 Å². The fourth-order valence-corrected chi connectivity index (χ4v) is 15.9. The molecule has 0 N–H and O–H groups in total. The van der Waals surface area contributed by atoms with E-state index in [-0.39, 0.29) is 6.71 Å². The SMILES string of the molecule is N#Cc1ccc(-n2c3ccccc3c3ccccc32)c(-c2cc(C(F)(F)F)ccc2-n2c3ccccc3c3cc(-c4cc5c6c(c4)N(c4ccc(-c7ccccc7)cc4)c4ccc(-c7ccccc7)cc4B6c4cc(-c6ccccc6)ccc4N5c4ccc(-c5ccccc5)cc4)ccc32)c1. The summed E-state index contributed by atoms with van der Waals surface area (Å²) < 4.78 is 50.5. The van der Waals surface area contributed by atoms with E-state index in [2.05, 4.69) is 268 Å². The van der Waals surface area contributed by atoms with E-state index in [0.29, 0.717) is 28.1 Å². The number of rotatable bonds is 10. The Kier molecular flexibility index (Phi) is 13.8. The van der Waals surface area contributed by atoms with E-state index in [9.17, 15) is 5.26 Å². The van der Waals surface area contributed by atoms with Crippen LogP contribution in [0.1, 0.15) is 11.1 Å². The Balaban J connectivity index is 0.863. The fraction of sp³-hybridized carbons (Fsp3) is 0.0109. The fourth-order valence-electron chi connectivity index (χ4n) is 15.9. The molecule has 2 aliphatic rings. The van der Waals surface area contributed by atoms with Gasteiger partial charge in [-0.3, -0.25) is 0 Å². The molecule has 0 aliphatic carbocycles. The molecule has 0 radical (unpaired) electrons. The van der Waals surface area contributed by atoms with E-state index < -0.39 is 11.7 Å². The zero-order valence-corrected chi connectivity index (χ0v) is 54.4. The van der Waals surface area contributed by atoms with Crippen LogP contribution in [-0.4, -0.2) is 15.8 Å². The number of alkyl halides is 3. The molecule has 474 valence electrons. The van der Waals surface area contributed by atoms with Crippen LogP contribution in [0.25, 0.3) is 122 Å². The second-order valence-electron chi connectivity index (χ2n) is 26.2. The Morgan fingerprint density at radius 3 is 1.09 bits per heavy atom. The number of anilines is 6. The van der Waals surface area contributed by atoms with Gasteiger partial charge in [0.25, 0.3) is 6.71 Å². The Bertz CT molecular complexity index is 5950. The van der Waals surface area contributed by atoms with Gasteiger partial charge in [-0.15, -0.1) is 0 Å². The molecule has 0 amide bonds. The minimum Gasteiger partial charge on any atom is -0.311 e. The lowest BCUT2D eigenvalue weighted by Crippen LogP contribution is -2.61. The number of benzene rings is 15. The van der Waals surface area contributed by atoms with Gasteiger partial charge in [0.05, 0.1) is 50.6 Å². The minimum atomic E-state index is -4.68. The molecule has 19 rings (SSSR count). The van der Waals surface area contributed by atoms with Crippen molar-refractivity contribution in [3.63, 3.8) is 0 Å². The average molecular weight is 1300 g/mol. The van der Waals surface area contributed by atoms with Crippen molar-refractivity contribution in [2.45, 2.75) is 6.18 Å². The van der Waals surface area contributed by atoms with Gasteiger partial charge in [0.1, 0.15) is 0 Å². The van der Waals surface area contributed by atoms with Gasteiger partial charge in [-0.05, 0) is 187 Å². The molecule has 2 aliphatic heterocycles. The van der Waals surface area contributed by atoms with Gasteiger partial charge in [0.2, 0.25) is 0 Å². The topological polar surface area (TPSA) is 40.1 Å². The summed E-state index contributed by atoms with van der Waals surface area (Å²) in [7, 11) is 0. The molecule has 0 fully saturated rings. The van der Waals surface area contributed by atoms with Crippen LogP contribution in [0.2, 0.25) is 0 Å². The lowest BCUT2D eigenvalue weighted by atomic mass is 9.33. The zero-order valence-electron chi connectivity index (χ0n) is 54.4. The lowest BCUT2D eigenvalue weighted by Gasteiger charge is -2.44. The van der Waals surface area contributed by atoms with E-state index >= 15 is 13.2 Å². The van der Waals surface area contributed by atoms with Gasteiger partial charge in [-0.25, -0.2) is 0 Å². The highest BCUT2D eigenvalue weighted by Gasteiger charge is 2.44. The molecule has 0 saturated heterocycles. The van der Waals surface area contributed by atoms with Crippen LogP contribution in [0.5, 0.6) is 0 Å². The van der Waals surface area contributed by atoms with E-state index in [1.54, 1.807) is 18.2 Å². The third-order valence-corrected chi connectivity index (χ3v) is 20.6. The first-order chi connectivity index (χ1) is 49.7. The third-order valence-electron chi connectivity index (χ3n) is 20.6. The molecule has 0 atom stereocenters. The van der Waals surface area contributed by atoms with E-state index in [0.717, 1.165) is 139 Å². The van der Waals surface area contributed by atoms with Crippen LogP contribution in [-0.2, 0) is 6.18 Å². The smallest absolute Gasteiger partial charge is 0.311 e. The third kappa shape index (κ3) is 9.78. The Morgan fingerprint density at radius 2 is 0.634 bits per heavy atom. The standard InChI is InChI=1S/C92H57BF3N5/c94-92(95,96)70-41-50-86(78(57-70)76-51-59(58-97)33-46-84(76)100-81-30-16-13-27-73(81)74-28-14-17-31-82(74)100)101-83-32-18-15-29-75(83)77-52-66(38-47-85(77)101)69-55-89-91-90(56-69)99(72-44-36-65(37-45-72)61-21-7-2-8-22-61)88-49-40-68(63-25-11-4-12-26-63)54-80(88)93(91)79-53-67(62-23-9-3-10-24-62)39-48-87(79)98(89)71-42-34-64(35-43-71)60-19-5-1-6-20-60/h1-57H. The van der Waals surface area contributed by atoms with Crippen molar-refractivity contribution >= 4 is 101 Å². The second-order valence-corrected chi connectivity index (χ2v) is 26.2. The van der Waals surface area contributed by atoms with Crippen LogP contribution in [0.4, 0.5) is 47.3 Å². The number of para-hydroxylation sites is 3. The first-order valence-corrected chi connectivity index (χ1v) is 34.0. The summed E-state index contributed by atoms with van der Waals surface area (Å²) in [5, 5.41) is 14.5. The number of nitrogens with zero attached hydrogens (tertiary/aromatic N) is 5. The highest BCUT2D eigenvalue weighted by molar-refractivity contribution is 7.00. The molecule has 5 nitrogen and oxygen atoms in total. The first-order valence-electron chi connectivity index (χ1n) is 34.0. The van der Waals surface area contributed by atoms with E-state index in [1.165, 1.54) is 23.1 Å². The van der Waals surface area contributed by atoms with Crippen LogP contribution in [0.15, 0.2) is 346 Å². The summed E-state index contributed by atoms with van der Waals surface area (Å²) in [4.78, 5) is 4.93. The Morgan fingerprint density at radius 1 is 0.277 bits per heavy atom. The summed E-state index contributed by atoms with van der Waals surface area (Å²) in [5.74, 6) is 0. The van der Waals surface area contributed by atoms with Crippen LogP contribution >= 0.6 is 0 Å². The molecular weight excluding hydrogens is 1240 g/mol. The molecule has 101 heavy (non-hydrogen) atoms. The van der Waals surface area contributed by atoms with Crippen LogP contribution in [0.3, 0.4) is 0 Å². The van der Waals surface area contributed by atoms with Crippen molar-refractivity contribution in [2.75, 3.05) is 9.80 Å². The minimum absolute atomic E-state index is 0.228. The number of hydrogen-bond donors (Lipinski definition) is 0. The molecule has 0 unspecified atom stereocenters. The van der Waals surface area contributed by atoms with Gasteiger partial charge in [-0.1, -0.05) is 231 Å². The molecule has 0 saturated carbocycles. The van der Waals surface area contributed by atoms with E-state index in [1.807, 2.05) is 72.8 Å².